The van der Waals surface area contributed by atoms with Crippen molar-refractivity contribution in [1.82, 2.24) is 4.72 Å². The lowest BCUT2D eigenvalue weighted by Gasteiger charge is -2.38. The maximum absolute atomic E-state index is 13.1. The number of fused-ring (bicyclic) bond motifs is 1. The molecule has 6 nitrogen and oxygen atoms in total. The van der Waals surface area contributed by atoms with Crippen molar-refractivity contribution in [3.63, 3.8) is 0 Å². The summed E-state index contributed by atoms with van der Waals surface area (Å²) in [6.45, 7) is 3.84. The number of ether oxygens (including phenoxy) is 3. The van der Waals surface area contributed by atoms with Crippen LogP contribution in [0.25, 0.3) is 0 Å². The van der Waals surface area contributed by atoms with E-state index >= 15 is 0 Å². The molecule has 146 valence electrons. The van der Waals surface area contributed by atoms with Gasteiger partial charge in [-0.05, 0) is 50.2 Å². The van der Waals surface area contributed by atoms with Crippen LogP contribution in [-0.4, -0.2) is 28.2 Å². The number of sulfonamides is 1. The molecule has 27 heavy (non-hydrogen) atoms. The summed E-state index contributed by atoms with van der Waals surface area (Å²) < 4.78 is 45.4. The lowest BCUT2D eigenvalue weighted by atomic mass is 9.90. The smallest absolute Gasteiger partial charge is 0.244 e. The lowest BCUT2D eigenvalue weighted by molar-refractivity contribution is 0.0700. The van der Waals surface area contributed by atoms with Crippen molar-refractivity contribution in [3.8, 4) is 17.2 Å². The Morgan fingerprint density at radius 1 is 1.15 bits per heavy atom. The highest BCUT2D eigenvalue weighted by atomic mass is 35.5. The molecule has 0 radical (unpaired) electrons. The van der Waals surface area contributed by atoms with Gasteiger partial charge in [0.25, 0.3) is 0 Å². The molecule has 1 heterocycles. The topological polar surface area (TPSA) is 73.9 Å². The Hall–Kier alpha value is -1.96. The molecule has 0 fully saturated rings. The van der Waals surface area contributed by atoms with Crippen LogP contribution in [0.3, 0.4) is 0 Å². The highest BCUT2D eigenvalue weighted by Gasteiger charge is 2.37. The van der Waals surface area contributed by atoms with E-state index in [0.717, 1.165) is 5.56 Å². The quantitative estimate of drug-likeness (QED) is 0.806. The van der Waals surface area contributed by atoms with E-state index < -0.39 is 21.7 Å². The SMILES string of the molecule is COc1ccc2c(c1)[C@@H](NS(=O)(=O)c1cc(Cl)ccc1OC)CC(C)(C)O2. The van der Waals surface area contributed by atoms with Crippen molar-refractivity contribution >= 4 is 21.6 Å². The number of methoxy groups -OCH3 is 2. The van der Waals surface area contributed by atoms with E-state index in [9.17, 15) is 8.42 Å². The molecule has 0 aliphatic carbocycles. The number of rotatable bonds is 5. The molecule has 2 aromatic carbocycles. The maximum atomic E-state index is 13.1. The van der Waals surface area contributed by atoms with E-state index in [1.54, 1.807) is 31.4 Å². The average Bonchev–Trinajstić information content (AvgIpc) is 2.60. The van der Waals surface area contributed by atoms with Crippen LogP contribution in [0, 0.1) is 0 Å². The monoisotopic (exact) mass is 411 g/mol. The first-order valence-electron chi connectivity index (χ1n) is 8.38. The zero-order valence-electron chi connectivity index (χ0n) is 15.6. The maximum Gasteiger partial charge on any atom is 0.244 e. The van der Waals surface area contributed by atoms with Crippen molar-refractivity contribution in [2.24, 2.45) is 0 Å². The normalized spacial score (nSPS) is 18.3. The van der Waals surface area contributed by atoms with Gasteiger partial charge in [0.1, 0.15) is 27.7 Å². The van der Waals surface area contributed by atoms with Gasteiger partial charge in [-0.1, -0.05) is 11.6 Å². The number of hydrogen-bond acceptors (Lipinski definition) is 5. The highest BCUT2D eigenvalue weighted by Crippen LogP contribution is 2.42. The van der Waals surface area contributed by atoms with Crippen LogP contribution >= 0.6 is 11.6 Å². The number of halogens is 1. The standard InChI is InChI=1S/C19H22ClNO5S/c1-19(2)11-15(14-10-13(24-3)6-8-16(14)26-19)21-27(22,23)18-9-12(20)5-7-17(18)25-4/h5-10,15,21H,11H2,1-4H3/t15-/m0/s1. The van der Waals surface area contributed by atoms with Gasteiger partial charge in [0.15, 0.2) is 0 Å². The third-order valence-electron chi connectivity index (χ3n) is 4.39. The lowest BCUT2D eigenvalue weighted by Crippen LogP contribution is -2.41. The van der Waals surface area contributed by atoms with Gasteiger partial charge in [0, 0.05) is 17.0 Å². The van der Waals surface area contributed by atoms with Crippen molar-refractivity contribution in [2.75, 3.05) is 14.2 Å². The van der Waals surface area contributed by atoms with E-state index in [1.165, 1.54) is 19.2 Å². The van der Waals surface area contributed by atoms with Crippen molar-refractivity contribution in [3.05, 3.63) is 47.0 Å². The van der Waals surface area contributed by atoms with Crippen molar-refractivity contribution in [1.29, 1.82) is 0 Å². The Labute approximate surface area is 164 Å². The molecule has 3 rings (SSSR count). The van der Waals surface area contributed by atoms with E-state index in [-0.39, 0.29) is 10.6 Å². The van der Waals surface area contributed by atoms with Gasteiger partial charge in [0.2, 0.25) is 10.0 Å². The molecule has 0 amide bonds. The molecule has 0 spiro atoms. The first-order chi connectivity index (χ1) is 12.6. The Bertz CT molecular complexity index is 959. The minimum absolute atomic E-state index is 0.00811. The van der Waals surface area contributed by atoms with Crippen LogP contribution in [-0.2, 0) is 10.0 Å². The van der Waals surface area contributed by atoms with Gasteiger partial charge in [-0.15, -0.1) is 0 Å². The van der Waals surface area contributed by atoms with Crippen LogP contribution < -0.4 is 18.9 Å². The zero-order valence-corrected chi connectivity index (χ0v) is 17.1. The molecule has 0 saturated heterocycles. The van der Waals surface area contributed by atoms with E-state index in [0.29, 0.717) is 22.9 Å². The van der Waals surface area contributed by atoms with E-state index in [4.69, 9.17) is 25.8 Å². The Morgan fingerprint density at radius 3 is 2.56 bits per heavy atom. The molecule has 0 bridgehead atoms. The fourth-order valence-electron chi connectivity index (χ4n) is 3.18. The predicted octanol–water partition coefficient (Wildman–Crippen LogP) is 3.94. The molecule has 1 atom stereocenters. The molecule has 1 aliphatic rings. The third kappa shape index (κ3) is 4.15. The molecule has 8 heteroatoms. The molecule has 0 aromatic heterocycles. The first-order valence-corrected chi connectivity index (χ1v) is 10.2. The van der Waals surface area contributed by atoms with Crippen LogP contribution in [0.4, 0.5) is 0 Å². The van der Waals surface area contributed by atoms with Crippen LogP contribution in [0.1, 0.15) is 31.9 Å². The molecule has 1 N–H and O–H groups in total. The second kappa shape index (κ2) is 7.22. The van der Waals surface area contributed by atoms with Gasteiger partial charge in [0.05, 0.1) is 20.3 Å². The second-order valence-corrected chi connectivity index (χ2v) is 9.06. The van der Waals surface area contributed by atoms with Gasteiger partial charge in [-0.3, -0.25) is 0 Å². The van der Waals surface area contributed by atoms with E-state index in [2.05, 4.69) is 4.72 Å². The summed E-state index contributed by atoms with van der Waals surface area (Å²) in [6, 6.07) is 9.35. The summed E-state index contributed by atoms with van der Waals surface area (Å²) in [5.41, 5.74) is 0.186. The third-order valence-corrected chi connectivity index (χ3v) is 6.11. The van der Waals surface area contributed by atoms with Crippen molar-refractivity contribution < 1.29 is 22.6 Å². The molecule has 2 aromatic rings. The Kier molecular flexibility index (Phi) is 5.29. The van der Waals surface area contributed by atoms with Crippen LogP contribution in [0.2, 0.25) is 5.02 Å². The summed E-state index contributed by atoms with van der Waals surface area (Å²) >= 11 is 6.00. The van der Waals surface area contributed by atoms with E-state index in [1.807, 2.05) is 13.8 Å². The molecular formula is C19H22ClNO5S. The number of nitrogens with one attached hydrogen (secondary N) is 1. The summed E-state index contributed by atoms with van der Waals surface area (Å²) in [6.07, 6.45) is 0.454. The number of benzene rings is 2. The molecule has 0 saturated carbocycles. The fourth-order valence-corrected chi connectivity index (χ4v) is 4.82. The average molecular weight is 412 g/mol. The zero-order chi connectivity index (χ0) is 19.8. The van der Waals surface area contributed by atoms with Gasteiger partial charge in [-0.2, -0.15) is 0 Å². The molecule has 1 aliphatic heterocycles. The van der Waals surface area contributed by atoms with Crippen LogP contribution in [0.5, 0.6) is 17.2 Å². The number of hydrogen-bond donors (Lipinski definition) is 1. The van der Waals surface area contributed by atoms with Gasteiger partial charge >= 0.3 is 0 Å². The Balaban J connectivity index is 2.03. The highest BCUT2D eigenvalue weighted by molar-refractivity contribution is 7.89. The Morgan fingerprint density at radius 2 is 1.89 bits per heavy atom. The van der Waals surface area contributed by atoms with Crippen molar-refractivity contribution in [2.45, 2.75) is 36.8 Å². The van der Waals surface area contributed by atoms with Crippen LogP contribution in [0.15, 0.2) is 41.3 Å². The fraction of sp³-hybridized carbons (Fsp3) is 0.368. The van der Waals surface area contributed by atoms with Gasteiger partial charge < -0.3 is 14.2 Å². The largest absolute Gasteiger partial charge is 0.497 e. The summed E-state index contributed by atoms with van der Waals surface area (Å²) in [7, 11) is -0.916. The summed E-state index contributed by atoms with van der Waals surface area (Å²) in [4.78, 5) is -0.00811. The summed E-state index contributed by atoms with van der Waals surface area (Å²) in [5, 5.41) is 0.311. The predicted molar refractivity (Wildman–Crippen MR) is 103 cm³/mol. The summed E-state index contributed by atoms with van der Waals surface area (Å²) in [5.74, 6) is 1.48. The first kappa shape index (κ1) is 19.8. The molecule has 0 unspecified atom stereocenters. The second-order valence-electron chi connectivity index (χ2n) is 6.94. The minimum atomic E-state index is -3.89. The van der Waals surface area contributed by atoms with Gasteiger partial charge in [-0.25, -0.2) is 13.1 Å². The minimum Gasteiger partial charge on any atom is -0.497 e. The molecular weight excluding hydrogens is 390 g/mol.